The number of benzene rings is 2. The molecule has 38 heavy (non-hydrogen) atoms. The van der Waals surface area contributed by atoms with E-state index in [2.05, 4.69) is 34.0 Å². The van der Waals surface area contributed by atoms with E-state index >= 15 is 0 Å². The number of non-ortho nitro benzene ring substituents is 1. The number of hydrogen-bond acceptors (Lipinski definition) is 8. The van der Waals surface area contributed by atoms with E-state index in [-0.39, 0.29) is 17.9 Å². The van der Waals surface area contributed by atoms with Gasteiger partial charge in [-0.15, -0.1) is 11.3 Å². The maximum atomic E-state index is 13.0. The summed E-state index contributed by atoms with van der Waals surface area (Å²) in [6.07, 6.45) is 5.23. The molecule has 1 heterocycles. The molecular weight excluding hydrogens is 619 g/mol. The van der Waals surface area contributed by atoms with Crippen LogP contribution in [0, 0.1) is 36.3 Å². The lowest BCUT2D eigenvalue weighted by atomic mass is 9.96. The molecule has 3 aromatic rings. The zero-order valence-electron chi connectivity index (χ0n) is 20.2. The number of ether oxygens (including phenoxy) is 2. The van der Waals surface area contributed by atoms with E-state index in [0.717, 1.165) is 36.1 Å². The SMILES string of the molecule is COc1cc(/C=C(\C#N)C(=O)Nc2sc3c(c2C#N)CCCC3)cc(I)c1OCc1cccc([N+](=O)[O-])c1. The van der Waals surface area contributed by atoms with Gasteiger partial charge in [0, 0.05) is 17.0 Å². The van der Waals surface area contributed by atoms with Crippen molar-refractivity contribution in [1.82, 2.24) is 0 Å². The largest absolute Gasteiger partial charge is 0.493 e. The summed E-state index contributed by atoms with van der Waals surface area (Å²) in [6, 6.07) is 13.7. The van der Waals surface area contributed by atoms with Crippen LogP contribution in [-0.2, 0) is 24.2 Å². The third kappa shape index (κ3) is 5.96. The topological polar surface area (TPSA) is 138 Å². The number of aryl methyl sites for hydroxylation is 1. The molecule has 1 N–H and O–H groups in total. The predicted molar refractivity (Wildman–Crippen MR) is 151 cm³/mol. The molecule has 0 saturated heterocycles. The second kappa shape index (κ2) is 12.1. The zero-order valence-corrected chi connectivity index (χ0v) is 23.2. The Hall–Kier alpha value is -3.94. The number of fused-ring (bicyclic) bond motifs is 1. The standard InChI is InChI=1S/C27H21IN4O5S/c1-36-23-12-17(11-22(28)25(23)37-15-16-5-4-6-19(10-16)32(34)35)9-18(13-29)26(33)31-27-21(14-30)20-7-2-3-8-24(20)38-27/h4-6,9-12H,2-3,7-8,15H2,1H3,(H,31,33)/b18-9+. The average Bonchev–Trinajstić information content (AvgIpc) is 3.27. The molecule has 1 amide bonds. The van der Waals surface area contributed by atoms with E-state index < -0.39 is 10.8 Å². The van der Waals surface area contributed by atoms with Gasteiger partial charge >= 0.3 is 0 Å². The van der Waals surface area contributed by atoms with Crippen LogP contribution in [0.1, 0.15) is 40.0 Å². The first kappa shape index (κ1) is 27.1. The van der Waals surface area contributed by atoms with Crippen LogP contribution in [0.15, 0.2) is 42.0 Å². The van der Waals surface area contributed by atoms with Crippen molar-refractivity contribution in [3.05, 3.63) is 82.8 Å². The van der Waals surface area contributed by atoms with Gasteiger partial charge in [0.05, 0.1) is 21.2 Å². The van der Waals surface area contributed by atoms with Crippen LogP contribution >= 0.6 is 33.9 Å². The number of nitrogens with zero attached hydrogens (tertiary/aromatic N) is 3. The van der Waals surface area contributed by atoms with Gasteiger partial charge in [0.2, 0.25) is 0 Å². The molecule has 0 saturated carbocycles. The van der Waals surface area contributed by atoms with Gasteiger partial charge in [0.25, 0.3) is 11.6 Å². The van der Waals surface area contributed by atoms with Gasteiger partial charge in [-0.2, -0.15) is 10.5 Å². The van der Waals surface area contributed by atoms with Crippen LogP contribution < -0.4 is 14.8 Å². The molecule has 1 aliphatic carbocycles. The minimum atomic E-state index is -0.595. The highest BCUT2D eigenvalue weighted by atomic mass is 127. The molecule has 0 spiro atoms. The van der Waals surface area contributed by atoms with E-state index in [1.165, 1.54) is 36.7 Å². The molecule has 4 rings (SSSR count). The third-order valence-electron chi connectivity index (χ3n) is 5.94. The summed E-state index contributed by atoms with van der Waals surface area (Å²) in [6.45, 7) is 0.0844. The molecule has 2 aromatic carbocycles. The normalized spacial score (nSPS) is 12.6. The smallest absolute Gasteiger partial charge is 0.269 e. The van der Waals surface area contributed by atoms with Crippen molar-refractivity contribution in [2.75, 3.05) is 12.4 Å². The highest BCUT2D eigenvalue weighted by Crippen LogP contribution is 2.38. The molecule has 0 unspecified atom stereocenters. The summed E-state index contributed by atoms with van der Waals surface area (Å²) in [5, 5.41) is 33.6. The van der Waals surface area contributed by atoms with Crippen molar-refractivity contribution in [2.45, 2.75) is 32.3 Å². The average molecular weight is 640 g/mol. The quantitative estimate of drug-likeness (QED) is 0.103. The van der Waals surface area contributed by atoms with Crippen LogP contribution in [0.4, 0.5) is 10.7 Å². The van der Waals surface area contributed by atoms with Crippen molar-refractivity contribution in [3.8, 4) is 23.6 Å². The summed E-state index contributed by atoms with van der Waals surface area (Å²) in [7, 11) is 1.47. The third-order valence-corrected chi connectivity index (χ3v) is 7.95. The Kier molecular flexibility index (Phi) is 8.61. The summed E-state index contributed by atoms with van der Waals surface area (Å²) < 4.78 is 12.0. The van der Waals surface area contributed by atoms with Gasteiger partial charge < -0.3 is 14.8 Å². The van der Waals surface area contributed by atoms with Crippen molar-refractivity contribution in [2.24, 2.45) is 0 Å². The van der Waals surface area contributed by atoms with Crippen LogP contribution in [0.2, 0.25) is 0 Å². The Balaban J connectivity index is 1.55. The minimum absolute atomic E-state index is 0.0276. The number of nitro groups is 1. The number of nitro benzene ring substituents is 1. The number of halogens is 1. The maximum absolute atomic E-state index is 13.0. The maximum Gasteiger partial charge on any atom is 0.269 e. The Bertz CT molecular complexity index is 1530. The number of nitrogens with one attached hydrogen (secondary N) is 1. The predicted octanol–water partition coefficient (Wildman–Crippen LogP) is 6.14. The lowest BCUT2D eigenvalue weighted by molar-refractivity contribution is -0.384. The van der Waals surface area contributed by atoms with Crippen molar-refractivity contribution in [3.63, 3.8) is 0 Å². The molecule has 192 valence electrons. The van der Waals surface area contributed by atoms with Gasteiger partial charge in [-0.25, -0.2) is 0 Å². The molecule has 0 fully saturated rings. The first-order chi connectivity index (χ1) is 18.3. The van der Waals surface area contributed by atoms with Gasteiger partial charge in [-0.1, -0.05) is 12.1 Å². The first-order valence-corrected chi connectivity index (χ1v) is 13.5. The fraction of sp³-hybridized carbons (Fsp3) is 0.222. The van der Waals surface area contributed by atoms with Gasteiger partial charge in [-0.3, -0.25) is 14.9 Å². The first-order valence-electron chi connectivity index (χ1n) is 11.6. The van der Waals surface area contributed by atoms with Gasteiger partial charge in [0.1, 0.15) is 29.3 Å². The second-order valence-corrected chi connectivity index (χ2v) is 10.7. The lowest BCUT2D eigenvalue weighted by Gasteiger charge is -2.14. The summed E-state index contributed by atoms with van der Waals surface area (Å²) in [5.41, 5.74) is 2.50. The van der Waals surface area contributed by atoms with E-state index in [1.807, 2.05) is 6.07 Å². The number of carbonyl (C=O) groups excluding carboxylic acids is 1. The monoisotopic (exact) mass is 640 g/mol. The Labute approximate surface area is 236 Å². The van der Waals surface area contributed by atoms with Crippen LogP contribution in [-0.4, -0.2) is 17.9 Å². The molecule has 9 nitrogen and oxygen atoms in total. The zero-order chi connectivity index (χ0) is 27.2. The molecule has 11 heteroatoms. The number of thiophene rings is 1. The van der Waals surface area contributed by atoms with Crippen LogP contribution in [0.3, 0.4) is 0 Å². The molecule has 0 aliphatic heterocycles. The van der Waals surface area contributed by atoms with Gasteiger partial charge in [0.15, 0.2) is 11.5 Å². The number of anilines is 1. The Morgan fingerprint density at radius 2 is 2.05 bits per heavy atom. The van der Waals surface area contributed by atoms with E-state index in [4.69, 9.17) is 9.47 Å². The highest BCUT2D eigenvalue weighted by Gasteiger charge is 2.23. The van der Waals surface area contributed by atoms with Gasteiger partial charge in [-0.05, 0) is 83.2 Å². The Morgan fingerprint density at radius 1 is 1.26 bits per heavy atom. The number of amides is 1. The van der Waals surface area contributed by atoms with Crippen LogP contribution in [0.25, 0.3) is 6.08 Å². The van der Waals surface area contributed by atoms with Crippen LogP contribution in [0.5, 0.6) is 11.5 Å². The van der Waals surface area contributed by atoms with E-state index in [0.29, 0.717) is 36.8 Å². The number of rotatable bonds is 8. The Morgan fingerprint density at radius 3 is 2.76 bits per heavy atom. The van der Waals surface area contributed by atoms with E-state index in [9.17, 15) is 25.4 Å². The second-order valence-electron chi connectivity index (χ2n) is 8.40. The molecule has 0 bridgehead atoms. The van der Waals surface area contributed by atoms with Crippen molar-refractivity contribution >= 4 is 56.6 Å². The van der Waals surface area contributed by atoms with E-state index in [1.54, 1.807) is 24.3 Å². The summed E-state index contributed by atoms with van der Waals surface area (Å²) in [4.78, 5) is 24.6. The summed E-state index contributed by atoms with van der Waals surface area (Å²) >= 11 is 3.46. The number of carbonyl (C=O) groups is 1. The molecule has 0 radical (unpaired) electrons. The molecule has 1 aliphatic rings. The number of methoxy groups -OCH3 is 1. The fourth-order valence-corrected chi connectivity index (χ4v) is 6.15. The molecular formula is C27H21IN4O5S. The lowest BCUT2D eigenvalue weighted by Crippen LogP contribution is -2.13. The molecule has 0 atom stereocenters. The highest BCUT2D eigenvalue weighted by molar-refractivity contribution is 14.1. The number of hydrogen-bond donors (Lipinski definition) is 1. The molecule has 1 aromatic heterocycles. The fourth-order valence-electron chi connectivity index (χ4n) is 4.14. The van der Waals surface area contributed by atoms with Crippen molar-refractivity contribution < 1.29 is 19.2 Å². The van der Waals surface area contributed by atoms with Crippen molar-refractivity contribution in [1.29, 1.82) is 10.5 Å². The summed E-state index contributed by atoms with van der Waals surface area (Å²) in [5.74, 6) is 0.217. The number of nitriles is 2. The minimum Gasteiger partial charge on any atom is -0.493 e.